The number of nitrogens with zero attached hydrogens (tertiary/aromatic N) is 3. The largest absolute Gasteiger partial charge is 0.379 e. The van der Waals surface area contributed by atoms with Crippen LogP contribution in [0.15, 0.2) is 64.7 Å². The SMILES string of the molecule is Cc1nc(SNc2cscn2)ccc1NCc1cccc2ccncc12. The van der Waals surface area contributed by atoms with Crippen molar-refractivity contribution < 1.29 is 0 Å². The molecule has 0 aliphatic carbocycles. The second-order valence-corrected chi connectivity index (χ2v) is 7.27. The Hall–Kier alpha value is -2.64. The van der Waals surface area contributed by atoms with Crippen LogP contribution in [-0.2, 0) is 6.54 Å². The molecule has 5 nitrogen and oxygen atoms in total. The molecule has 1 aromatic carbocycles. The van der Waals surface area contributed by atoms with Crippen molar-refractivity contribution in [2.24, 2.45) is 0 Å². The highest BCUT2D eigenvalue weighted by Gasteiger charge is 2.05. The van der Waals surface area contributed by atoms with E-state index >= 15 is 0 Å². The molecule has 0 bridgehead atoms. The van der Waals surface area contributed by atoms with Crippen LogP contribution < -0.4 is 10.0 Å². The van der Waals surface area contributed by atoms with Crippen molar-refractivity contribution in [3.8, 4) is 0 Å². The van der Waals surface area contributed by atoms with E-state index in [1.165, 1.54) is 28.3 Å². The highest BCUT2D eigenvalue weighted by Crippen LogP contribution is 2.24. The van der Waals surface area contributed by atoms with E-state index in [0.29, 0.717) is 0 Å². The van der Waals surface area contributed by atoms with Crippen LogP contribution in [0.25, 0.3) is 10.8 Å². The molecule has 3 aromatic heterocycles. The Morgan fingerprint density at radius 1 is 1.15 bits per heavy atom. The molecule has 0 spiro atoms. The summed E-state index contributed by atoms with van der Waals surface area (Å²) < 4.78 is 3.19. The monoisotopic (exact) mass is 379 g/mol. The van der Waals surface area contributed by atoms with Gasteiger partial charge in [0.15, 0.2) is 0 Å². The van der Waals surface area contributed by atoms with Gasteiger partial charge in [-0.1, -0.05) is 18.2 Å². The fourth-order valence-corrected chi connectivity index (χ4v) is 3.87. The number of pyridine rings is 2. The highest BCUT2D eigenvalue weighted by molar-refractivity contribution is 8.00. The molecule has 0 atom stereocenters. The molecule has 0 amide bonds. The van der Waals surface area contributed by atoms with Gasteiger partial charge in [-0.25, -0.2) is 9.97 Å². The van der Waals surface area contributed by atoms with Gasteiger partial charge in [-0.2, -0.15) is 0 Å². The topological polar surface area (TPSA) is 62.7 Å². The number of benzene rings is 1. The van der Waals surface area contributed by atoms with Crippen molar-refractivity contribution in [2.75, 3.05) is 10.0 Å². The van der Waals surface area contributed by atoms with E-state index in [1.807, 2.05) is 36.8 Å². The first-order valence-corrected chi connectivity index (χ1v) is 9.90. The van der Waals surface area contributed by atoms with Crippen LogP contribution in [0, 0.1) is 6.92 Å². The fourth-order valence-electron chi connectivity index (χ4n) is 2.67. The molecule has 2 N–H and O–H groups in total. The maximum absolute atomic E-state index is 4.65. The summed E-state index contributed by atoms with van der Waals surface area (Å²) in [7, 11) is 0. The smallest absolute Gasteiger partial charge is 0.147 e. The van der Waals surface area contributed by atoms with E-state index in [9.17, 15) is 0 Å². The van der Waals surface area contributed by atoms with E-state index in [1.54, 1.807) is 16.8 Å². The predicted molar refractivity (Wildman–Crippen MR) is 110 cm³/mol. The Morgan fingerprint density at radius 3 is 2.96 bits per heavy atom. The minimum Gasteiger partial charge on any atom is -0.379 e. The third-order valence-corrected chi connectivity index (χ3v) is 5.33. The first-order chi connectivity index (χ1) is 12.8. The molecule has 0 saturated carbocycles. The van der Waals surface area contributed by atoms with Crippen LogP contribution in [0.5, 0.6) is 0 Å². The number of rotatable bonds is 6. The molecule has 7 heteroatoms. The third-order valence-electron chi connectivity index (χ3n) is 4.00. The van der Waals surface area contributed by atoms with E-state index in [-0.39, 0.29) is 0 Å². The molecule has 0 saturated heterocycles. The second kappa shape index (κ2) is 7.72. The lowest BCUT2D eigenvalue weighted by molar-refractivity contribution is 1.04. The molecule has 0 aliphatic rings. The molecular weight excluding hydrogens is 362 g/mol. The zero-order valence-electron chi connectivity index (χ0n) is 14.1. The van der Waals surface area contributed by atoms with Gasteiger partial charge in [0, 0.05) is 41.7 Å². The average molecular weight is 380 g/mol. The van der Waals surface area contributed by atoms with Gasteiger partial charge in [-0.05, 0) is 36.1 Å². The molecule has 4 aromatic rings. The molecule has 0 unspecified atom stereocenters. The average Bonchev–Trinajstić information content (AvgIpc) is 3.19. The molecule has 130 valence electrons. The summed E-state index contributed by atoms with van der Waals surface area (Å²) in [6.07, 6.45) is 3.74. The van der Waals surface area contributed by atoms with Crippen molar-refractivity contribution in [1.29, 1.82) is 0 Å². The number of thiazole rings is 1. The van der Waals surface area contributed by atoms with Crippen LogP contribution in [0.4, 0.5) is 11.5 Å². The van der Waals surface area contributed by atoms with Crippen molar-refractivity contribution in [2.45, 2.75) is 18.5 Å². The maximum Gasteiger partial charge on any atom is 0.147 e. The van der Waals surface area contributed by atoms with Crippen LogP contribution in [0.3, 0.4) is 0 Å². The molecule has 0 radical (unpaired) electrons. The quantitative estimate of drug-likeness (QED) is 0.453. The van der Waals surface area contributed by atoms with E-state index in [0.717, 1.165) is 28.8 Å². The number of nitrogens with one attached hydrogen (secondary N) is 2. The number of hydrogen-bond acceptors (Lipinski definition) is 7. The van der Waals surface area contributed by atoms with Gasteiger partial charge >= 0.3 is 0 Å². The van der Waals surface area contributed by atoms with Gasteiger partial charge in [-0.15, -0.1) is 11.3 Å². The third kappa shape index (κ3) is 3.79. The number of anilines is 2. The van der Waals surface area contributed by atoms with Gasteiger partial charge in [0.05, 0.1) is 16.9 Å². The summed E-state index contributed by atoms with van der Waals surface area (Å²) in [6, 6.07) is 12.4. The normalized spacial score (nSPS) is 10.8. The number of aromatic nitrogens is 3. The summed E-state index contributed by atoms with van der Waals surface area (Å²) in [5, 5.41) is 8.74. The minimum atomic E-state index is 0.731. The van der Waals surface area contributed by atoms with Gasteiger partial charge < -0.3 is 10.0 Å². The van der Waals surface area contributed by atoms with Crippen LogP contribution in [0.1, 0.15) is 11.3 Å². The van der Waals surface area contributed by atoms with Gasteiger partial charge in [0.25, 0.3) is 0 Å². The zero-order valence-corrected chi connectivity index (χ0v) is 15.8. The lowest BCUT2D eigenvalue weighted by Gasteiger charge is -2.12. The zero-order chi connectivity index (χ0) is 17.8. The predicted octanol–water partition coefficient (Wildman–Crippen LogP) is 5.13. The molecular formula is C19H17N5S2. The van der Waals surface area contributed by atoms with E-state index < -0.39 is 0 Å². The van der Waals surface area contributed by atoms with Crippen LogP contribution in [0.2, 0.25) is 0 Å². The second-order valence-electron chi connectivity index (χ2n) is 5.73. The van der Waals surface area contributed by atoms with Gasteiger partial charge in [0.2, 0.25) is 0 Å². The van der Waals surface area contributed by atoms with Crippen molar-refractivity contribution in [1.82, 2.24) is 15.0 Å². The molecule has 0 aliphatic heterocycles. The molecule has 3 heterocycles. The number of aryl methyl sites for hydroxylation is 1. The lowest BCUT2D eigenvalue weighted by atomic mass is 10.1. The van der Waals surface area contributed by atoms with Gasteiger partial charge in [-0.3, -0.25) is 4.98 Å². The molecule has 26 heavy (non-hydrogen) atoms. The fraction of sp³-hybridized carbons (Fsp3) is 0.105. The van der Waals surface area contributed by atoms with Crippen LogP contribution >= 0.6 is 23.3 Å². The minimum absolute atomic E-state index is 0.731. The Bertz CT molecular complexity index is 1010. The Kier molecular flexibility index (Phi) is 4.99. The molecule has 4 rings (SSSR count). The van der Waals surface area contributed by atoms with Crippen molar-refractivity contribution >= 4 is 45.6 Å². The summed E-state index contributed by atoms with van der Waals surface area (Å²) in [4.78, 5) is 13.1. The standard InChI is InChI=1S/C19H17N5S2/c1-13-17(5-6-19(23-13)26-24-18-11-25-12-22-18)21-9-15-4-2-3-14-7-8-20-10-16(14)15/h2-8,10-12,21,24H,9H2,1H3. The van der Waals surface area contributed by atoms with Crippen molar-refractivity contribution in [3.05, 3.63) is 70.9 Å². The summed E-state index contributed by atoms with van der Waals surface area (Å²) >= 11 is 3.03. The van der Waals surface area contributed by atoms with E-state index in [4.69, 9.17) is 0 Å². The Balaban J connectivity index is 1.44. The number of hydrogen-bond donors (Lipinski definition) is 2. The summed E-state index contributed by atoms with van der Waals surface area (Å²) in [5.41, 5.74) is 5.02. The van der Waals surface area contributed by atoms with Gasteiger partial charge in [0.1, 0.15) is 10.8 Å². The first kappa shape index (κ1) is 16.8. The lowest BCUT2D eigenvalue weighted by Crippen LogP contribution is -2.03. The number of fused-ring (bicyclic) bond motifs is 1. The summed E-state index contributed by atoms with van der Waals surface area (Å²) in [6.45, 7) is 2.75. The van der Waals surface area contributed by atoms with E-state index in [2.05, 4.69) is 49.3 Å². The van der Waals surface area contributed by atoms with Crippen LogP contribution in [-0.4, -0.2) is 15.0 Å². The highest BCUT2D eigenvalue weighted by atomic mass is 32.2. The van der Waals surface area contributed by atoms with Crippen molar-refractivity contribution in [3.63, 3.8) is 0 Å². The molecule has 0 fully saturated rings. The Labute approximate surface area is 160 Å². The maximum atomic E-state index is 4.65. The Morgan fingerprint density at radius 2 is 2.12 bits per heavy atom. The first-order valence-electron chi connectivity index (χ1n) is 8.14. The summed E-state index contributed by atoms with van der Waals surface area (Å²) in [5.74, 6) is 0.853.